The lowest BCUT2D eigenvalue weighted by Gasteiger charge is -2.63. The first kappa shape index (κ1) is 40.2. The van der Waals surface area contributed by atoms with Crippen molar-refractivity contribution in [2.24, 2.45) is 16.7 Å². The molecule has 15 nitrogen and oxygen atoms in total. The zero-order chi connectivity index (χ0) is 41.8. The number of carbonyl (C=O) groups is 5. The standard InChI is InChI=1S/C43H48ClN9O6/c1-42(2)40(43(3,4)41(42)59-28-7-5-26(21-45)31(44)20-28)49-36(55)32-22-47-34(23-46-32)52-17-15-50(16-18-52)24-25-11-13-51(14-12-25)27-6-8-29-30(19-27)39(58)53(38(29)57)33-9-10-35(54)48-37(33)56/h5-8,19-20,22-23,25,33,40-41H,9-18,24H2,1-4H3,(H,49,55)(H,48,54,56)/t33?,40-,41-. The number of hydrogen-bond acceptors (Lipinski definition) is 12. The molecule has 5 aliphatic rings. The Kier molecular flexibility index (Phi) is 10.6. The zero-order valence-corrected chi connectivity index (χ0v) is 34.4. The number of fused-ring (bicyclic) bond motifs is 1. The fourth-order valence-corrected chi connectivity index (χ4v) is 10.2. The average Bonchev–Trinajstić information content (AvgIpc) is 3.47. The second kappa shape index (κ2) is 15.5. The lowest BCUT2D eigenvalue weighted by atomic mass is 9.49. The number of carbonyl (C=O) groups excluding carboxylic acids is 5. The number of hydrogen-bond donors (Lipinski definition) is 2. The van der Waals surface area contributed by atoms with Crippen LogP contribution in [0.1, 0.15) is 90.1 Å². The third kappa shape index (κ3) is 7.48. The third-order valence-electron chi connectivity index (χ3n) is 12.9. The molecule has 59 heavy (non-hydrogen) atoms. The van der Waals surface area contributed by atoms with Gasteiger partial charge in [0.15, 0.2) is 0 Å². The molecule has 1 aromatic heterocycles. The van der Waals surface area contributed by atoms with Gasteiger partial charge < -0.3 is 19.9 Å². The van der Waals surface area contributed by atoms with Crippen LogP contribution in [0.3, 0.4) is 0 Å². The highest BCUT2D eigenvalue weighted by Gasteiger charge is 2.64. The van der Waals surface area contributed by atoms with E-state index in [-0.39, 0.29) is 42.2 Å². The number of ether oxygens (including phenoxy) is 1. The summed E-state index contributed by atoms with van der Waals surface area (Å²) in [6.07, 6.45) is 5.21. The highest BCUT2D eigenvalue weighted by atomic mass is 35.5. The van der Waals surface area contributed by atoms with Crippen molar-refractivity contribution in [3.63, 3.8) is 0 Å². The number of amides is 5. The highest BCUT2D eigenvalue weighted by Crippen LogP contribution is 2.55. The van der Waals surface area contributed by atoms with Gasteiger partial charge >= 0.3 is 0 Å². The summed E-state index contributed by atoms with van der Waals surface area (Å²) in [5.74, 6) is -0.447. The summed E-state index contributed by atoms with van der Waals surface area (Å²) in [6, 6.07) is 11.2. The zero-order valence-electron chi connectivity index (χ0n) is 33.7. The number of aromatic nitrogens is 2. The maximum Gasteiger partial charge on any atom is 0.271 e. The van der Waals surface area contributed by atoms with Gasteiger partial charge in [0.05, 0.1) is 34.1 Å². The Balaban J connectivity index is 0.789. The third-order valence-corrected chi connectivity index (χ3v) is 13.2. The first-order valence-electron chi connectivity index (χ1n) is 20.2. The number of piperidine rings is 2. The van der Waals surface area contributed by atoms with E-state index in [1.54, 1.807) is 42.7 Å². The van der Waals surface area contributed by atoms with E-state index in [2.05, 4.69) is 69.1 Å². The Bertz CT molecular complexity index is 2230. The molecule has 4 aliphatic heterocycles. The second-order valence-corrected chi connectivity index (χ2v) is 17.9. The van der Waals surface area contributed by atoms with Gasteiger partial charge in [-0.2, -0.15) is 5.26 Å². The van der Waals surface area contributed by atoms with Crippen LogP contribution in [0.25, 0.3) is 0 Å². The average molecular weight is 822 g/mol. The summed E-state index contributed by atoms with van der Waals surface area (Å²) in [4.78, 5) is 81.0. The van der Waals surface area contributed by atoms with Crippen molar-refractivity contribution in [2.75, 3.05) is 55.6 Å². The molecule has 3 aromatic rings. The van der Waals surface area contributed by atoms with Crippen molar-refractivity contribution in [2.45, 2.75) is 71.6 Å². The van der Waals surface area contributed by atoms with Gasteiger partial charge in [-0.25, -0.2) is 9.97 Å². The number of nitrogens with one attached hydrogen (secondary N) is 2. The molecule has 1 atom stereocenters. The summed E-state index contributed by atoms with van der Waals surface area (Å²) in [6.45, 7) is 14.3. The molecular weight excluding hydrogens is 774 g/mol. The monoisotopic (exact) mass is 821 g/mol. The molecule has 1 saturated carbocycles. The van der Waals surface area contributed by atoms with Gasteiger partial charge in [-0.15, -0.1) is 0 Å². The number of anilines is 2. The Morgan fingerprint density at radius 3 is 2.25 bits per heavy atom. The van der Waals surface area contributed by atoms with Gasteiger partial charge in [0.25, 0.3) is 17.7 Å². The normalized spacial score (nSPS) is 24.3. The Morgan fingerprint density at radius 2 is 1.61 bits per heavy atom. The smallest absolute Gasteiger partial charge is 0.271 e. The minimum absolute atomic E-state index is 0.0861. The molecule has 2 aromatic carbocycles. The van der Waals surface area contributed by atoms with E-state index in [1.807, 2.05) is 6.07 Å². The van der Waals surface area contributed by atoms with Crippen molar-refractivity contribution >= 4 is 52.6 Å². The topological polar surface area (TPSA) is 181 Å². The van der Waals surface area contributed by atoms with Crippen LogP contribution in [-0.2, 0) is 9.59 Å². The summed E-state index contributed by atoms with van der Waals surface area (Å²) >= 11 is 6.24. The van der Waals surface area contributed by atoms with Crippen molar-refractivity contribution in [3.8, 4) is 11.8 Å². The van der Waals surface area contributed by atoms with Crippen LogP contribution in [0.15, 0.2) is 48.8 Å². The van der Waals surface area contributed by atoms with Crippen LogP contribution in [0, 0.1) is 28.1 Å². The number of piperazine rings is 1. The van der Waals surface area contributed by atoms with E-state index in [1.165, 1.54) is 0 Å². The van der Waals surface area contributed by atoms with Crippen LogP contribution in [-0.4, -0.2) is 113 Å². The van der Waals surface area contributed by atoms with E-state index >= 15 is 0 Å². The quantitative estimate of drug-likeness (QED) is 0.296. The lowest BCUT2D eigenvalue weighted by molar-refractivity contribution is -0.164. The summed E-state index contributed by atoms with van der Waals surface area (Å²) in [5.41, 5.74) is 1.31. The molecule has 0 radical (unpaired) electrons. The fourth-order valence-electron chi connectivity index (χ4n) is 9.96. The van der Waals surface area contributed by atoms with Crippen LogP contribution in [0.4, 0.5) is 11.5 Å². The fraction of sp³-hybridized carbons (Fsp3) is 0.488. The first-order chi connectivity index (χ1) is 28.1. The molecular formula is C43H48ClN9O6. The van der Waals surface area contributed by atoms with E-state index in [0.29, 0.717) is 27.8 Å². The Hall–Kier alpha value is -5.59. The van der Waals surface area contributed by atoms with E-state index < -0.39 is 40.5 Å². The van der Waals surface area contributed by atoms with Crippen LogP contribution >= 0.6 is 11.6 Å². The minimum atomic E-state index is -0.979. The van der Waals surface area contributed by atoms with Crippen molar-refractivity contribution in [1.29, 1.82) is 5.26 Å². The summed E-state index contributed by atoms with van der Waals surface area (Å²) < 4.78 is 6.35. The molecule has 4 fully saturated rings. The molecule has 5 amide bonds. The van der Waals surface area contributed by atoms with Gasteiger partial charge in [0.1, 0.15) is 35.5 Å². The van der Waals surface area contributed by atoms with E-state index in [0.717, 1.165) is 75.1 Å². The van der Waals surface area contributed by atoms with Crippen molar-refractivity contribution in [3.05, 3.63) is 76.2 Å². The van der Waals surface area contributed by atoms with Gasteiger partial charge in [0.2, 0.25) is 11.8 Å². The molecule has 308 valence electrons. The van der Waals surface area contributed by atoms with Gasteiger partial charge in [-0.05, 0) is 55.5 Å². The second-order valence-electron chi connectivity index (χ2n) is 17.5. The number of halogens is 1. The van der Waals surface area contributed by atoms with Gasteiger partial charge in [-0.3, -0.25) is 39.1 Å². The molecule has 16 heteroatoms. The molecule has 0 spiro atoms. The van der Waals surface area contributed by atoms with Crippen LogP contribution < -0.4 is 25.2 Å². The Labute approximate surface area is 348 Å². The molecule has 5 heterocycles. The van der Waals surface area contributed by atoms with E-state index in [4.69, 9.17) is 16.3 Å². The predicted octanol–water partition coefficient (Wildman–Crippen LogP) is 4.05. The molecule has 0 bridgehead atoms. The SMILES string of the molecule is CC1(C)[C@H](NC(=O)c2cnc(N3CCN(CC4CCN(c5ccc6c(c5)C(=O)N(C5CCC(=O)NC5=O)C6=O)CC4)CC3)cn2)C(C)(C)[C@H]1Oc1ccc(C#N)c(Cl)c1. The Morgan fingerprint density at radius 1 is 0.898 bits per heavy atom. The minimum Gasteiger partial charge on any atom is -0.489 e. The number of imide groups is 2. The number of nitrogens with zero attached hydrogens (tertiary/aromatic N) is 7. The van der Waals surface area contributed by atoms with Crippen molar-refractivity contribution in [1.82, 2.24) is 30.4 Å². The molecule has 3 saturated heterocycles. The number of nitriles is 1. The summed E-state index contributed by atoms with van der Waals surface area (Å²) in [7, 11) is 0. The molecule has 2 N–H and O–H groups in total. The molecule has 1 unspecified atom stereocenters. The summed E-state index contributed by atoms with van der Waals surface area (Å²) in [5, 5.41) is 15.0. The molecule has 8 rings (SSSR count). The van der Waals surface area contributed by atoms with E-state index in [9.17, 15) is 29.2 Å². The lowest BCUT2D eigenvalue weighted by Crippen LogP contribution is -2.74. The maximum atomic E-state index is 13.4. The number of benzene rings is 2. The first-order valence-corrected chi connectivity index (χ1v) is 20.6. The molecule has 1 aliphatic carbocycles. The predicted molar refractivity (Wildman–Crippen MR) is 218 cm³/mol. The largest absolute Gasteiger partial charge is 0.489 e. The van der Waals surface area contributed by atoms with Gasteiger partial charge in [0, 0.05) is 80.9 Å². The number of rotatable bonds is 9. The van der Waals surface area contributed by atoms with Crippen molar-refractivity contribution < 1.29 is 28.7 Å². The highest BCUT2D eigenvalue weighted by molar-refractivity contribution is 6.31. The van der Waals surface area contributed by atoms with Gasteiger partial charge in [-0.1, -0.05) is 39.3 Å². The van der Waals surface area contributed by atoms with Crippen LogP contribution in [0.5, 0.6) is 5.75 Å². The van der Waals surface area contributed by atoms with Crippen LogP contribution in [0.2, 0.25) is 5.02 Å². The maximum absolute atomic E-state index is 13.4.